The SMILES string of the molecule is CN=c1c(C)cc2c(=NC)c(=NC)c(C)cc=2c1=NC. The number of rotatable bonds is 0. The summed E-state index contributed by atoms with van der Waals surface area (Å²) in [6.45, 7) is 4.11. The van der Waals surface area contributed by atoms with Crippen LogP contribution in [0.4, 0.5) is 0 Å². The zero-order chi connectivity index (χ0) is 14.9. The van der Waals surface area contributed by atoms with E-state index in [1.807, 2.05) is 0 Å². The lowest BCUT2D eigenvalue weighted by Crippen LogP contribution is -2.36. The normalized spacial score (nSPS) is 15.7. The first-order valence-electron chi connectivity index (χ1n) is 6.59. The third kappa shape index (κ3) is 2.01. The molecule has 0 fully saturated rings. The van der Waals surface area contributed by atoms with Crippen molar-refractivity contribution >= 4 is 0 Å². The van der Waals surface area contributed by atoms with Crippen LogP contribution in [0.3, 0.4) is 0 Å². The second kappa shape index (κ2) is 5.49. The van der Waals surface area contributed by atoms with Gasteiger partial charge in [-0.2, -0.15) is 0 Å². The lowest BCUT2D eigenvalue weighted by atomic mass is 10.0. The molecule has 2 aliphatic carbocycles. The van der Waals surface area contributed by atoms with Gasteiger partial charge in [-0.25, -0.2) is 0 Å². The predicted molar refractivity (Wildman–Crippen MR) is 79.5 cm³/mol. The summed E-state index contributed by atoms with van der Waals surface area (Å²) in [5, 5.41) is 5.93. The molecule has 4 nitrogen and oxygen atoms in total. The molecule has 0 bridgehead atoms. The van der Waals surface area contributed by atoms with E-state index < -0.39 is 0 Å². The highest BCUT2D eigenvalue weighted by atomic mass is 14.7. The predicted octanol–water partition coefficient (Wildman–Crippen LogP) is 0.0258. The van der Waals surface area contributed by atoms with Crippen LogP contribution in [0.1, 0.15) is 11.1 Å². The van der Waals surface area contributed by atoms with Gasteiger partial charge in [0.25, 0.3) is 0 Å². The Balaban J connectivity index is 3.45. The van der Waals surface area contributed by atoms with Gasteiger partial charge in [0.05, 0.1) is 21.4 Å². The van der Waals surface area contributed by atoms with Crippen LogP contribution in [-0.2, 0) is 0 Å². The van der Waals surface area contributed by atoms with Gasteiger partial charge in [0.2, 0.25) is 0 Å². The molecular weight excluding hydrogens is 248 g/mol. The summed E-state index contributed by atoms with van der Waals surface area (Å²) in [5.41, 5.74) is 2.22. The lowest BCUT2D eigenvalue weighted by molar-refractivity contribution is 1.05. The molecule has 0 aromatic rings. The Morgan fingerprint density at radius 1 is 0.550 bits per heavy atom. The largest absolute Gasteiger partial charge is 0.286 e. The lowest BCUT2D eigenvalue weighted by Gasteiger charge is -2.03. The molecule has 0 N–H and O–H groups in total. The van der Waals surface area contributed by atoms with Crippen LogP contribution in [0.5, 0.6) is 0 Å². The first kappa shape index (κ1) is 14.3. The van der Waals surface area contributed by atoms with E-state index in [0.717, 1.165) is 43.0 Å². The molecule has 0 atom stereocenters. The molecule has 2 rings (SSSR count). The minimum Gasteiger partial charge on any atom is -0.286 e. The quantitative estimate of drug-likeness (QED) is 0.647. The highest BCUT2D eigenvalue weighted by Crippen LogP contribution is 1.94. The Morgan fingerprint density at radius 3 is 1.10 bits per heavy atom. The van der Waals surface area contributed by atoms with Crippen molar-refractivity contribution < 1.29 is 0 Å². The van der Waals surface area contributed by atoms with Gasteiger partial charge in [0.15, 0.2) is 0 Å². The summed E-state index contributed by atoms with van der Waals surface area (Å²) in [6, 6.07) is 4.26. The van der Waals surface area contributed by atoms with E-state index in [-0.39, 0.29) is 0 Å². The summed E-state index contributed by atoms with van der Waals surface area (Å²) in [5.74, 6) is 0. The topological polar surface area (TPSA) is 49.4 Å². The van der Waals surface area contributed by atoms with Gasteiger partial charge in [0.1, 0.15) is 0 Å². The van der Waals surface area contributed by atoms with Crippen molar-refractivity contribution in [1.29, 1.82) is 0 Å². The van der Waals surface area contributed by atoms with E-state index >= 15 is 0 Å². The summed E-state index contributed by atoms with van der Waals surface area (Å²) in [7, 11) is 7.21. The van der Waals surface area contributed by atoms with Gasteiger partial charge in [-0.05, 0) is 37.1 Å². The van der Waals surface area contributed by atoms with E-state index in [4.69, 9.17) is 0 Å². The van der Waals surface area contributed by atoms with E-state index in [1.165, 1.54) is 0 Å². The van der Waals surface area contributed by atoms with Crippen molar-refractivity contribution in [1.82, 2.24) is 0 Å². The Kier molecular flexibility index (Phi) is 3.93. The van der Waals surface area contributed by atoms with E-state index in [0.29, 0.717) is 0 Å². The molecule has 2 aliphatic rings. The van der Waals surface area contributed by atoms with Crippen molar-refractivity contribution in [3.63, 3.8) is 0 Å². The fourth-order valence-corrected chi connectivity index (χ4v) is 2.76. The maximum absolute atomic E-state index is 4.44. The van der Waals surface area contributed by atoms with Crippen LogP contribution in [0, 0.1) is 24.3 Å². The standard InChI is InChI=1S/C16H20N4/c1-9-7-11-12(15(19-5)13(9)17-3)8-10(2)14(18-4)16(11)20-6/h7-8H,1-6H3. The Morgan fingerprint density at radius 2 is 0.850 bits per heavy atom. The highest BCUT2D eigenvalue weighted by Gasteiger charge is 2.04. The summed E-state index contributed by atoms with van der Waals surface area (Å²) in [6.07, 6.45) is 0. The minimum atomic E-state index is 0.929. The molecule has 0 unspecified atom stereocenters. The molecule has 0 aromatic carbocycles. The van der Waals surface area contributed by atoms with Crippen molar-refractivity contribution in [3.05, 3.63) is 55.1 Å². The molecule has 0 aromatic heterocycles. The van der Waals surface area contributed by atoms with Crippen LogP contribution in [-0.4, -0.2) is 28.2 Å². The van der Waals surface area contributed by atoms with Crippen LogP contribution in [0.15, 0.2) is 32.1 Å². The Hall–Kier alpha value is -2.10. The van der Waals surface area contributed by atoms with Crippen LogP contribution < -0.4 is 21.4 Å². The van der Waals surface area contributed by atoms with Gasteiger partial charge < -0.3 is 0 Å². The Labute approximate surface area is 118 Å². The molecule has 0 heterocycles. The summed E-state index contributed by atoms with van der Waals surface area (Å²) in [4.78, 5) is 17.6. The maximum atomic E-state index is 4.44. The first-order valence-corrected chi connectivity index (χ1v) is 6.59. The molecule has 0 amide bonds. The molecule has 0 saturated heterocycles. The fraction of sp³-hybridized carbons (Fsp3) is 0.375. The first-order chi connectivity index (χ1) is 9.58. The van der Waals surface area contributed by atoms with Gasteiger partial charge in [-0.15, -0.1) is 0 Å². The van der Waals surface area contributed by atoms with Gasteiger partial charge >= 0.3 is 0 Å². The summed E-state index contributed by atoms with van der Waals surface area (Å²) >= 11 is 0. The van der Waals surface area contributed by atoms with Gasteiger partial charge in [0, 0.05) is 38.6 Å². The molecule has 20 heavy (non-hydrogen) atoms. The van der Waals surface area contributed by atoms with Crippen molar-refractivity contribution in [2.24, 2.45) is 20.0 Å². The minimum absolute atomic E-state index is 0.929. The number of nitrogens with zero attached hydrogens (tertiary/aromatic N) is 4. The molecule has 0 radical (unpaired) electrons. The summed E-state index contributed by atoms with van der Waals surface area (Å²) < 4.78 is 0. The monoisotopic (exact) mass is 268 g/mol. The highest BCUT2D eigenvalue weighted by molar-refractivity contribution is 5.25. The van der Waals surface area contributed by atoms with Crippen molar-refractivity contribution in [2.75, 3.05) is 28.2 Å². The number of aryl methyl sites for hydroxylation is 2. The van der Waals surface area contributed by atoms with Crippen molar-refractivity contribution in [2.45, 2.75) is 13.8 Å². The molecule has 4 heteroatoms. The van der Waals surface area contributed by atoms with E-state index in [2.05, 4.69) is 45.9 Å². The van der Waals surface area contributed by atoms with E-state index in [1.54, 1.807) is 28.2 Å². The van der Waals surface area contributed by atoms with Crippen LogP contribution in [0.25, 0.3) is 0 Å². The molecular formula is C16H20N4. The number of hydrogen-bond donors (Lipinski definition) is 0. The Bertz CT molecular complexity index is 876. The zero-order valence-corrected chi connectivity index (χ0v) is 12.9. The van der Waals surface area contributed by atoms with Gasteiger partial charge in [-0.3, -0.25) is 20.0 Å². The second-order valence-corrected chi connectivity index (χ2v) is 4.77. The zero-order valence-electron chi connectivity index (χ0n) is 12.9. The molecule has 104 valence electrons. The number of hydrogen-bond acceptors (Lipinski definition) is 4. The third-order valence-corrected chi connectivity index (χ3v) is 3.61. The van der Waals surface area contributed by atoms with Crippen molar-refractivity contribution in [3.8, 4) is 0 Å². The van der Waals surface area contributed by atoms with Gasteiger partial charge in [-0.1, -0.05) is 0 Å². The molecule has 0 aliphatic heterocycles. The molecule has 0 spiro atoms. The average molecular weight is 268 g/mol. The fourth-order valence-electron chi connectivity index (χ4n) is 2.76. The maximum Gasteiger partial charge on any atom is 0.0904 e. The van der Waals surface area contributed by atoms with E-state index in [9.17, 15) is 0 Å². The third-order valence-electron chi connectivity index (χ3n) is 3.61. The van der Waals surface area contributed by atoms with Crippen LogP contribution in [0.2, 0.25) is 0 Å². The smallest absolute Gasteiger partial charge is 0.0904 e. The average Bonchev–Trinajstić information content (AvgIpc) is 2.45. The van der Waals surface area contributed by atoms with Crippen LogP contribution >= 0.6 is 0 Å². The second-order valence-electron chi connectivity index (χ2n) is 4.77. The molecule has 0 saturated carbocycles.